The summed E-state index contributed by atoms with van der Waals surface area (Å²) in [4.78, 5) is 21.3. The lowest BCUT2D eigenvalue weighted by Crippen LogP contribution is -2.50. The van der Waals surface area contributed by atoms with Gasteiger partial charge in [-0.1, -0.05) is 30.3 Å². The predicted octanol–water partition coefficient (Wildman–Crippen LogP) is 2.88. The molecular formula is C18H20BrN3O2. The van der Waals surface area contributed by atoms with Crippen LogP contribution < -0.4 is 4.90 Å². The average Bonchev–Trinajstić information content (AvgIpc) is 2.64. The first-order valence-electron chi connectivity index (χ1n) is 7.92. The number of rotatable bonds is 4. The van der Waals surface area contributed by atoms with Crippen molar-refractivity contribution in [2.24, 2.45) is 0 Å². The summed E-state index contributed by atoms with van der Waals surface area (Å²) < 4.78 is 6.42. The number of ether oxygens (including phenoxy) is 1. The summed E-state index contributed by atoms with van der Waals surface area (Å²) in [6, 6.07) is 13.6. The van der Waals surface area contributed by atoms with E-state index in [1.165, 1.54) is 0 Å². The first kappa shape index (κ1) is 16.9. The lowest BCUT2D eigenvalue weighted by atomic mass is 10.1. The highest BCUT2D eigenvalue weighted by Gasteiger charge is 2.28. The molecule has 1 aliphatic rings. The zero-order valence-electron chi connectivity index (χ0n) is 13.6. The number of hydrogen-bond donors (Lipinski definition) is 0. The van der Waals surface area contributed by atoms with Crippen molar-refractivity contribution in [1.82, 2.24) is 9.88 Å². The number of anilines is 1. The van der Waals surface area contributed by atoms with Crippen molar-refractivity contribution >= 4 is 27.7 Å². The second-order valence-corrected chi connectivity index (χ2v) is 6.59. The third-order valence-electron chi connectivity index (χ3n) is 4.19. The van der Waals surface area contributed by atoms with Gasteiger partial charge in [-0.05, 0) is 33.6 Å². The fraction of sp³-hybridized carbons (Fsp3) is 0.333. The van der Waals surface area contributed by atoms with E-state index in [2.05, 4.69) is 25.8 Å². The molecule has 1 aliphatic heterocycles. The van der Waals surface area contributed by atoms with Gasteiger partial charge < -0.3 is 14.5 Å². The molecule has 24 heavy (non-hydrogen) atoms. The number of hydrogen-bond acceptors (Lipinski definition) is 4. The number of piperazine rings is 1. The Morgan fingerprint density at radius 3 is 2.42 bits per heavy atom. The van der Waals surface area contributed by atoms with Crippen LogP contribution in [0.2, 0.25) is 0 Å². The first-order valence-corrected chi connectivity index (χ1v) is 8.71. The molecule has 0 aliphatic carbocycles. The van der Waals surface area contributed by atoms with E-state index in [9.17, 15) is 4.79 Å². The number of pyridine rings is 1. The van der Waals surface area contributed by atoms with Crippen LogP contribution in [-0.4, -0.2) is 49.1 Å². The molecule has 2 heterocycles. The van der Waals surface area contributed by atoms with Gasteiger partial charge >= 0.3 is 0 Å². The number of nitrogens with zero attached hydrogens (tertiary/aromatic N) is 3. The van der Waals surface area contributed by atoms with Crippen LogP contribution in [0.4, 0.5) is 5.82 Å². The molecule has 1 saturated heterocycles. The maximum atomic E-state index is 12.8. The lowest BCUT2D eigenvalue weighted by molar-refractivity contribution is -0.142. The summed E-state index contributed by atoms with van der Waals surface area (Å²) in [5.41, 5.74) is 0.891. The van der Waals surface area contributed by atoms with Gasteiger partial charge in [-0.15, -0.1) is 0 Å². The molecule has 1 atom stereocenters. The molecule has 6 heteroatoms. The molecule has 0 bridgehead atoms. The largest absolute Gasteiger partial charge is 0.367 e. The number of carbonyl (C=O) groups excluding carboxylic acids is 1. The van der Waals surface area contributed by atoms with Gasteiger partial charge in [-0.3, -0.25) is 4.79 Å². The summed E-state index contributed by atoms with van der Waals surface area (Å²) in [7, 11) is 1.58. The summed E-state index contributed by atoms with van der Waals surface area (Å²) in [5, 5.41) is 0. The number of benzene rings is 1. The van der Waals surface area contributed by atoms with Crippen LogP contribution in [0.3, 0.4) is 0 Å². The Kier molecular flexibility index (Phi) is 5.48. The average molecular weight is 390 g/mol. The molecule has 3 rings (SSSR count). The molecule has 2 aromatic rings. The Hall–Kier alpha value is -1.92. The van der Waals surface area contributed by atoms with E-state index in [0.29, 0.717) is 13.1 Å². The van der Waals surface area contributed by atoms with Crippen molar-refractivity contribution in [2.75, 3.05) is 38.2 Å². The molecule has 0 spiro atoms. The van der Waals surface area contributed by atoms with Crippen LogP contribution in [0.5, 0.6) is 0 Å². The molecule has 1 fully saturated rings. The van der Waals surface area contributed by atoms with Crippen LogP contribution in [0.15, 0.2) is 53.1 Å². The predicted molar refractivity (Wildman–Crippen MR) is 96.9 cm³/mol. The van der Waals surface area contributed by atoms with Crippen LogP contribution in [0.25, 0.3) is 0 Å². The Balaban J connectivity index is 1.63. The van der Waals surface area contributed by atoms with E-state index in [-0.39, 0.29) is 5.91 Å². The Labute approximate surface area is 150 Å². The van der Waals surface area contributed by atoms with Gasteiger partial charge in [0.2, 0.25) is 0 Å². The summed E-state index contributed by atoms with van der Waals surface area (Å²) in [6.07, 6.45) is 1.26. The zero-order valence-corrected chi connectivity index (χ0v) is 15.1. The maximum absolute atomic E-state index is 12.8. The summed E-state index contributed by atoms with van der Waals surface area (Å²) in [6.45, 7) is 2.88. The van der Waals surface area contributed by atoms with Gasteiger partial charge in [-0.2, -0.15) is 0 Å². The van der Waals surface area contributed by atoms with E-state index in [0.717, 1.165) is 28.9 Å². The SMILES string of the molecule is COC(C(=O)N1CCN(c2ccc(Br)cn2)CC1)c1ccccc1. The second-order valence-electron chi connectivity index (χ2n) is 5.67. The quantitative estimate of drug-likeness (QED) is 0.806. The van der Waals surface area contributed by atoms with Crippen molar-refractivity contribution < 1.29 is 9.53 Å². The molecule has 126 valence electrons. The van der Waals surface area contributed by atoms with Crippen molar-refractivity contribution in [2.45, 2.75) is 6.10 Å². The number of aromatic nitrogens is 1. The normalized spacial score (nSPS) is 16.1. The van der Waals surface area contributed by atoms with Gasteiger partial charge in [-0.25, -0.2) is 4.98 Å². The number of methoxy groups -OCH3 is 1. The molecule has 1 aromatic carbocycles. The molecule has 0 radical (unpaired) electrons. The lowest BCUT2D eigenvalue weighted by Gasteiger charge is -2.36. The molecule has 1 aromatic heterocycles. The Bertz CT molecular complexity index is 670. The van der Waals surface area contributed by atoms with Gasteiger partial charge in [0.1, 0.15) is 5.82 Å². The number of carbonyl (C=O) groups is 1. The van der Waals surface area contributed by atoms with E-state index >= 15 is 0 Å². The summed E-state index contributed by atoms with van der Waals surface area (Å²) in [5.74, 6) is 0.962. The highest BCUT2D eigenvalue weighted by Crippen LogP contribution is 2.21. The van der Waals surface area contributed by atoms with E-state index < -0.39 is 6.10 Å². The topological polar surface area (TPSA) is 45.7 Å². The fourth-order valence-corrected chi connectivity index (χ4v) is 3.12. The van der Waals surface area contributed by atoms with Gasteiger partial charge in [0.05, 0.1) is 0 Å². The molecule has 1 unspecified atom stereocenters. The fourth-order valence-electron chi connectivity index (χ4n) is 2.88. The minimum Gasteiger partial charge on any atom is -0.367 e. The number of amides is 1. The van der Waals surface area contributed by atoms with Crippen LogP contribution in [-0.2, 0) is 9.53 Å². The molecule has 1 amide bonds. The van der Waals surface area contributed by atoms with Crippen molar-refractivity contribution in [3.8, 4) is 0 Å². The van der Waals surface area contributed by atoms with Gasteiger partial charge in [0.15, 0.2) is 6.10 Å². The van der Waals surface area contributed by atoms with Crippen LogP contribution in [0, 0.1) is 0 Å². The number of halogens is 1. The zero-order chi connectivity index (χ0) is 16.9. The third kappa shape index (κ3) is 3.76. The van der Waals surface area contributed by atoms with Crippen molar-refractivity contribution in [3.63, 3.8) is 0 Å². The standard InChI is InChI=1S/C18H20BrN3O2/c1-24-17(14-5-3-2-4-6-14)18(23)22-11-9-21(10-12-22)16-8-7-15(19)13-20-16/h2-8,13,17H,9-12H2,1H3. The minimum atomic E-state index is -0.538. The molecule has 5 nitrogen and oxygen atoms in total. The van der Waals surface area contributed by atoms with E-state index in [1.54, 1.807) is 13.3 Å². The van der Waals surface area contributed by atoms with Crippen LogP contribution in [0.1, 0.15) is 11.7 Å². The Morgan fingerprint density at radius 1 is 1.12 bits per heavy atom. The smallest absolute Gasteiger partial charge is 0.256 e. The van der Waals surface area contributed by atoms with Crippen LogP contribution >= 0.6 is 15.9 Å². The molecule has 0 N–H and O–H groups in total. The highest BCUT2D eigenvalue weighted by atomic mass is 79.9. The highest BCUT2D eigenvalue weighted by molar-refractivity contribution is 9.10. The van der Waals surface area contributed by atoms with E-state index in [4.69, 9.17) is 4.74 Å². The third-order valence-corrected chi connectivity index (χ3v) is 4.66. The maximum Gasteiger partial charge on any atom is 0.256 e. The van der Waals surface area contributed by atoms with Gasteiger partial charge in [0.25, 0.3) is 5.91 Å². The van der Waals surface area contributed by atoms with Gasteiger partial charge in [0, 0.05) is 44.0 Å². The molecular weight excluding hydrogens is 370 g/mol. The summed E-state index contributed by atoms with van der Waals surface area (Å²) >= 11 is 3.40. The first-order chi connectivity index (χ1) is 11.7. The molecule has 0 saturated carbocycles. The Morgan fingerprint density at radius 2 is 1.83 bits per heavy atom. The van der Waals surface area contributed by atoms with Crippen molar-refractivity contribution in [3.05, 3.63) is 58.7 Å². The van der Waals surface area contributed by atoms with E-state index in [1.807, 2.05) is 47.4 Å². The minimum absolute atomic E-state index is 0.0205. The monoisotopic (exact) mass is 389 g/mol. The second kappa shape index (κ2) is 7.77. The van der Waals surface area contributed by atoms with Crippen molar-refractivity contribution in [1.29, 1.82) is 0 Å².